The second kappa shape index (κ2) is 16.0. The molecule has 0 spiro atoms. The molecule has 9 rings (SSSR count). The van der Waals surface area contributed by atoms with Crippen molar-refractivity contribution in [1.82, 2.24) is 44.4 Å². The summed E-state index contributed by atoms with van der Waals surface area (Å²) in [6, 6.07) is 10.4. The van der Waals surface area contributed by atoms with Crippen LogP contribution in [0.3, 0.4) is 0 Å². The quantitative estimate of drug-likeness (QED) is 0.111. The molecule has 4 heterocycles. The molecule has 2 N–H and O–H groups in total. The highest BCUT2D eigenvalue weighted by atomic mass is 35.5. The first-order valence-corrected chi connectivity index (χ1v) is 22.6. The van der Waals surface area contributed by atoms with Crippen LogP contribution >= 0.6 is 11.6 Å². The number of rotatable bonds is 13. The SMILES string of the molecule is CCc1cc(-c2ccc3c(=O)n(-c4ccc(Cl)c5c(NS(C)(=O)=O)nn(C)c45)c([C@H](Cc4cc(F)cc(F)c4)NC(=O)Cn4nc(C(F)F)c5c4C(F)(F)[C@@H]4C[C@H]54)nc3c2)nc(CC)n1. The van der Waals surface area contributed by atoms with Crippen molar-refractivity contribution in [1.29, 1.82) is 0 Å². The monoisotopic (exact) mass is 938 g/mol. The van der Waals surface area contributed by atoms with Crippen molar-refractivity contribution in [2.75, 3.05) is 11.0 Å². The Hall–Kier alpha value is -6.35. The van der Waals surface area contributed by atoms with E-state index in [0.29, 0.717) is 40.7 Å². The van der Waals surface area contributed by atoms with Crippen molar-refractivity contribution < 1.29 is 39.6 Å². The number of anilines is 1. The Morgan fingerprint density at radius 3 is 2.40 bits per heavy atom. The number of nitrogens with one attached hydrogen (secondary N) is 2. The van der Waals surface area contributed by atoms with Crippen molar-refractivity contribution in [2.24, 2.45) is 13.0 Å². The topological polar surface area (TPSA) is 172 Å². The molecule has 2 aliphatic rings. The minimum absolute atomic E-state index is 0.00600. The first-order valence-electron chi connectivity index (χ1n) is 20.3. The van der Waals surface area contributed by atoms with Crippen LogP contribution in [0.5, 0.6) is 0 Å². The molecule has 7 aromatic rings. The first kappa shape index (κ1) is 43.9. The number of nitrogens with zero attached hydrogens (tertiary/aromatic N) is 8. The molecule has 0 unspecified atom stereocenters. The molecule has 2 aliphatic carbocycles. The zero-order valence-corrected chi connectivity index (χ0v) is 36.4. The summed E-state index contributed by atoms with van der Waals surface area (Å²) in [6.45, 7) is 2.85. The van der Waals surface area contributed by atoms with E-state index in [1.807, 2.05) is 13.8 Å². The molecule has 1 fully saturated rings. The fourth-order valence-corrected chi connectivity index (χ4v) is 9.51. The molecular formula is C43H37ClF6N10O4S. The maximum Gasteiger partial charge on any atom is 0.293 e. The molecule has 0 aliphatic heterocycles. The lowest BCUT2D eigenvalue weighted by Crippen LogP contribution is -2.38. The third-order valence-corrected chi connectivity index (χ3v) is 12.5. The zero-order valence-electron chi connectivity index (χ0n) is 34.8. The fraction of sp³-hybridized carbons (Fsp3) is 0.326. The number of benzene rings is 3. The van der Waals surface area contributed by atoms with Crippen LogP contribution in [0.2, 0.25) is 5.02 Å². The Kier molecular flexibility index (Phi) is 10.8. The van der Waals surface area contributed by atoms with Gasteiger partial charge in [0.2, 0.25) is 15.9 Å². The zero-order chi connectivity index (χ0) is 46.4. The van der Waals surface area contributed by atoms with Crippen molar-refractivity contribution in [3.63, 3.8) is 0 Å². The van der Waals surface area contributed by atoms with Gasteiger partial charge < -0.3 is 5.32 Å². The van der Waals surface area contributed by atoms with Crippen LogP contribution in [0.1, 0.15) is 78.5 Å². The molecule has 1 saturated carbocycles. The highest BCUT2D eigenvalue weighted by Crippen LogP contribution is 2.68. The Morgan fingerprint density at radius 2 is 1.72 bits per heavy atom. The van der Waals surface area contributed by atoms with E-state index in [2.05, 4.69) is 30.2 Å². The summed E-state index contributed by atoms with van der Waals surface area (Å²) in [5, 5.41) is 10.9. The minimum Gasteiger partial charge on any atom is -0.344 e. The normalized spacial score (nSPS) is 16.9. The molecule has 3 atom stereocenters. The standard InChI is InChI=1S/C43H37ClF6N10O4S/c1-5-23-16-28(52-32(6-2)51-23)20-7-8-24-29(14-20)54-41(60(42(24)62)31-10-9-27(44)35-37(31)58(3)56-40(35)57-65(4,63)64)30(13-19-11-21(45)15-22(46)12-19)53-33(61)18-59-38-34(36(55-59)39(47)48)25-17-26(25)43(38,49)50/h7-12,14-16,25-26,30,39H,5-6,13,17-18H2,1-4H3,(H,53,61)(H,56,57)/t25-,26+,30-/m0/s1. The average molecular weight is 939 g/mol. The van der Waals surface area contributed by atoms with Crippen molar-refractivity contribution >= 4 is 55.2 Å². The smallest absolute Gasteiger partial charge is 0.293 e. The van der Waals surface area contributed by atoms with Crippen LogP contribution in [-0.4, -0.2) is 59.7 Å². The van der Waals surface area contributed by atoms with Gasteiger partial charge in [0.05, 0.1) is 50.5 Å². The summed E-state index contributed by atoms with van der Waals surface area (Å²) in [6.07, 6.45) is -1.65. The van der Waals surface area contributed by atoms with Gasteiger partial charge in [-0.25, -0.2) is 40.9 Å². The maximum absolute atomic E-state index is 15.6. The van der Waals surface area contributed by atoms with E-state index in [9.17, 15) is 30.8 Å². The fourth-order valence-electron chi connectivity index (χ4n) is 8.78. The van der Waals surface area contributed by atoms with Crippen LogP contribution in [0, 0.1) is 17.6 Å². The largest absolute Gasteiger partial charge is 0.344 e. The van der Waals surface area contributed by atoms with E-state index >= 15 is 13.6 Å². The van der Waals surface area contributed by atoms with Crippen LogP contribution in [0.15, 0.2) is 59.4 Å². The molecule has 0 saturated heterocycles. The van der Waals surface area contributed by atoms with Crippen LogP contribution in [0.4, 0.5) is 32.2 Å². The predicted molar refractivity (Wildman–Crippen MR) is 228 cm³/mol. The van der Waals surface area contributed by atoms with Gasteiger partial charge in [-0.3, -0.25) is 28.2 Å². The number of halogens is 7. The Morgan fingerprint density at radius 1 is 0.985 bits per heavy atom. The number of amides is 1. The third kappa shape index (κ3) is 7.87. The highest BCUT2D eigenvalue weighted by molar-refractivity contribution is 7.92. The third-order valence-electron chi connectivity index (χ3n) is 11.6. The van der Waals surface area contributed by atoms with Gasteiger partial charge in [0.15, 0.2) is 5.82 Å². The second-order valence-electron chi connectivity index (χ2n) is 16.1. The predicted octanol–water partition coefficient (Wildman–Crippen LogP) is 7.60. The second-order valence-corrected chi connectivity index (χ2v) is 18.3. The van der Waals surface area contributed by atoms with Gasteiger partial charge in [-0.15, -0.1) is 0 Å². The molecule has 0 radical (unpaired) electrons. The number of aryl methyl sites for hydroxylation is 3. The molecule has 22 heteroatoms. The Bertz CT molecular complexity index is 3260. The number of carbonyl (C=O) groups is 1. The van der Waals surface area contributed by atoms with E-state index in [0.717, 1.165) is 28.6 Å². The number of fused-ring (bicyclic) bond motifs is 5. The first-order chi connectivity index (χ1) is 30.8. The number of aromatic nitrogens is 8. The summed E-state index contributed by atoms with van der Waals surface area (Å²) in [5.74, 6) is -8.47. The van der Waals surface area contributed by atoms with Crippen molar-refractivity contribution in [2.45, 2.75) is 70.4 Å². The van der Waals surface area contributed by atoms with Crippen molar-refractivity contribution in [3.05, 3.63) is 121 Å². The van der Waals surface area contributed by atoms with Crippen LogP contribution in [0.25, 0.3) is 38.8 Å². The van der Waals surface area contributed by atoms with E-state index in [-0.39, 0.29) is 61.7 Å². The molecule has 65 heavy (non-hydrogen) atoms. The van der Waals surface area contributed by atoms with E-state index in [4.69, 9.17) is 16.6 Å². The highest BCUT2D eigenvalue weighted by Gasteiger charge is 2.67. The number of sulfonamides is 1. The van der Waals surface area contributed by atoms with Gasteiger partial charge in [0.1, 0.15) is 41.2 Å². The number of carbonyl (C=O) groups excluding carboxylic acids is 1. The van der Waals surface area contributed by atoms with E-state index in [1.54, 1.807) is 18.2 Å². The maximum atomic E-state index is 15.6. The molecule has 0 bridgehead atoms. The van der Waals surface area contributed by atoms with Crippen LogP contribution in [-0.2, 0) is 53.6 Å². The molecule has 1 amide bonds. The van der Waals surface area contributed by atoms with Crippen LogP contribution < -0.4 is 15.6 Å². The molecular weight excluding hydrogens is 902 g/mol. The lowest BCUT2D eigenvalue weighted by Gasteiger charge is -2.24. The summed E-state index contributed by atoms with van der Waals surface area (Å²) >= 11 is 6.66. The van der Waals surface area contributed by atoms with Crippen molar-refractivity contribution in [3.8, 4) is 16.9 Å². The summed E-state index contributed by atoms with van der Waals surface area (Å²) in [7, 11) is -2.46. The Balaban J connectivity index is 1.27. The van der Waals surface area contributed by atoms with Gasteiger partial charge in [-0.1, -0.05) is 31.5 Å². The Labute approximate surface area is 370 Å². The van der Waals surface area contributed by atoms with Gasteiger partial charge >= 0.3 is 0 Å². The summed E-state index contributed by atoms with van der Waals surface area (Å²) in [5.41, 5.74) is -0.673. The molecule has 14 nitrogen and oxygen atoms in total. The van der Waals surface area contributed by atoms with Gasteiger partial charge in [0.25, 0.3) is 17.9 Å². The molecule has 4 aromatic heterocycles. The van der Waals surface area contributed by atoms with Gasteiger partial charge in [-0.05, 0) is 66.8 Å². The lowest BCUT2D eigenvalue weighted by atomic mass is 10.0. The summed E-state index contributed by atoms with van der Waals surface area (Å²) < 4.78 is 119. The van der Waals surface area contributed by atoms with Gasteiger partial charge in [-0.2, -0.15) is 19.0 Å². The number of hydrogen-bond donors (Lipinski definition) is 2. The number of alkyl halides is 4. The van der Waals surface area contributed by atoms with E-state index in [1.165, 1.54) is 29.9 Å². The lowest BCUT2D eigenvalue weighted by molar-refractivity contribution is -0.123. The molecule has 338 valence electrons. The van der Waals surface area contributed by atoms with E-state index < -0.39 is 87.7 Å². The minimum atomic E-state index is -3.92. The number of hydrogen-bond acceptors (Lipinski definition) is 9. The summed E-state index contributed by atoms with van der Waals surface area (Å²) in [4.78, 5) is 43.5. The molecule has 3 aromatic carbocycles. The van der Waals surface area contributed by atoms with Gasteiger partial charge in [0, 0.05) is 48.7 Å². The average Bonchev–Trinajstić information content (AvgIpc) is 3.78.